The fourth-order valence-electron chi connectivity index (χ4n) is 7.44. The molecule has 0 aliphatic carbocycles. The van der Waals surface area contributed by atoms with Crippen molar-refractivity contribution in [3.05, 3.63) is 170 Å². The highest BCUT2D eigenvalue weighted by Gasteiger charge is 2.20. The molecule has 7 aromatic carbocycles. The lowest BCUT2D eigenvalue weighted by molar-refractivity contribution is 0.645. The number of fused-ring (bicyclic) bond motifs is 8. The van der Waals surface area contributed by atoms with E-state index >= 15 is 0 Å². The largest absolute Gasteiger partial charge is 0.439 e. The van der Waals surface area contributed by atoms with E-state index in [9.17, 15) is 0 Å². The van der Waals surface area contributed by atoms with Crippen LogP contribution in [0.5, 0.6) is 0 Å². The number of hydrogen-bond acceptors (Lipinski definition) is 1. The predicted molar refractivity (Wildman–Crippen MR) is 196 cm³/mol. The maximum Gasteiger partial charge on any atom is 0.213 e. The minimum absolute atomic E-state index is 0.877. The third-order valence-electron chi connectivity index (χ3n) is 9.54. The van der Waals surface area contributed by atoms with Crippen LogP contribution in [0.2, 0.25) is 0 Å². The van der Waals surface area contributed by atoms with Gasteiger partial charge in [-0.3, -0.25) is 4.57 Å². The Morgan fingerprint density at radius 2 is 0.957 bits per heavy atom. The minimum Gasteiger partial charge on any atom is -0.439 e. The van der Waals surface area contributed by atoms with Gasteiger partial charge in [-0.1, -0.05) is 121 Å². The van der Waals surface area contributed by atoms with Crippen molar-refractivity contribution in [1.82, 2.24) is 9.13 Å². The van der Waals surface area contributed by atoms with Crippen LogP contribution in [0.15, 0.2) is 174 Å². The Morgan fingerprint density at radius 3 is 1.70 bits per heavy atom. The predicted octanol–water partition coefficient (Wildman–Crippen LogP) is 12.0. The van der Waals surface area contributed by atoms with Gasteiger partial charge in [0.1, 0.15) is 5.58 Å². The smallest absolute Gasteiger partial charge is 0.213 e. The fourth-order valence-corrected chi connectivity index (χ4v) is 7.44. The number of furan rings is 1. The van der Waals surface area contributed by atoms with Crippen LogP contribution in [0, 0.1) is 0 Å². The second kappa shape index (κ2) is 10.1. The highest BCUT2D eigenvalue weighted by molar-refractivity contribution is 6.20. The average Bonchev–Trinajstić information content (AvgIpc) is 3.79. The first-order chi connectivity index (χ1) is 23.3. The van der Waals surface area contributed by atoms with Gasteiger partial charge < -0.3 is 8.98 Å². The van der Waals surface area contributed by atoms with E-state index in [1.165, 1.54) is 49.4 Å². The molecule has 0 saturated carbocycles. The van der Waals surface area contributed by atoms with E-state index in [2.05, 4.69) is 173 Å². The van der Waals surface area contributed by atoms with Crippen molar-refractivity contribution in [3.8, 4) is 33.6 Å². The molecule has 0 aliphatic rings. The molecule has 10 rings (SSSR count). The summed E-state index contributed by atoms with van der Waals surface area (Å²) in [6.07, 6.45) is 0. The van der Waals surface area contributed by atoms with Gasteiger partial charge in [-0.05, 0) is 65.2 Å². The van der Waals surface area contributed by atoms with Crippen molar-refractivity contribution >= 4 is 54.8 Å². The summed E-state index contributed by atoms with van der Waals surface area (Å²) in [7, 11) is 0. The summed E-state index contributed by atoms with van der Waals surface area (Å²) >= 11 is 0. The molecule has 0 saturated heterocycles. The van der Waals surface area contributed by atoms with E-state index in [0.717, 1.165) is 39.0 Å². The minimum atomic E-state index is 0.877. The first-order valence-electron chi connectivity index (χ1n) is 16.0. The van der Waals surface area contributed by atoms with Crippen molar-refractivity contribution in [3.63, 3.8) is 0 Å². The van der Waals surface area contributed by atoms with Crippen LogP contribution in [-0.2, 0) is 0 Å². The standard InChI is InChI=1S/C44H28N2O/c1-3-12-32(13-4-1)45-39-20-9-7-16-35(39)36-19-11-18-34(43(36)45)30-24-22-29(23-25-30)31-26-27-41-38(28-31)42-37-17-8-10-21-40(37)46(44(42)47-41)33-14-5-2-6-15-33/h1-28H. The molecule has 0 bridgehead atoms. The van der Waals surface area contributed by atoms with Gasteiger partial charge in [0, 0.05) is 38.5 Å². The SMILES string of the molecule is c1ccc(-n2c3ccccc3c3c4cc(-c5ccc(-c6cccc7c8ccccc8n(-c8ccccc8)c67)cc5)ccc4oc32)cc1. The van der Waals surface area contributed by atoms with Crippen LogP contribution in [0.3, 0.4) is 0 Å². The Kier molecular flexibility index (Phi) is 5.57. The summed E-state index contributed by atoms with van der Waals surface area (Å²) < 4.78 is 11.2. The highest BCUT2D eigenvalue weighted by Crippen LogP contribution is 2.41. The van der Waals surface area contributed by atoms with E-state index in [1.54, 1.807) is 0 Å². The van der Waals surface area contributed by atoms with Crippen molar-refractivity contribution in [2.75, 3.05) is 0 Å². The van der Waals surface area contributed by atoms with Gasteiger partial charge in [0.15, 0.2) is 0 Å². The van der Waals surface area contributed by atoms with Gasteiger partial charge in [0.25, 0.3) is 0 Å². The number of nitrogens with zero attached hydrogens (tertiary/aromatic N) is 2. The molecule has 3 nitrogen and oxygen atoms in total. The maximum absolute atomic E-state index is 6.56. The molecule has 0 radical (unpaired) electrons. The number of rotatable bonds is 4. The monoisotopic (exact) mass is 600 g/mol. The second-order valence-electron chi connectivity index (χ2n) is 12.1. The zero-order valence-corrected chi connectivity index (χ0v) is 25.5. The summed E-state index contributed by atoms with van der Waals surface area (Å²) in [5.74, 6) is 0. The first kappa shape index (κ1) is 26.0. The Bertz CT molecular complexity index is 2760. The average molecular weight is 601 g/mol. The van der Waals surface area contributed by atoms with Crippen molar-refractivity contribution in [2.45, 2.75) is 0 Å². The molecule has 10 aromatic rings. The summed E-state index contributed by atoms with van der Waals surface area (Å²) in [5.41, 5.74) is 12.4. The van der Waals surface area contributed by atoms with Gasteiger partial charge >= 0.3 is 0 Å². The van der Waals surface area contributed by atoms with Crippen LogP contribution in [0.25, 0.3) is 88.4 Å². The molecule has 0 aliphatic heterocycles. The lowest BCUT2D eigenvalue weighted by atomic mass is 9.97. The third-order valence-corrected chi connectivity index (χ3v) is 9.54. The van der Waals surface area contributed by atoms with Crippen LogP contribution >= 0.6 is 0 Å². The highest BCUT2D eigenvalue weighted by atomic mass is 16.3. The van der Waals surface area contributed by atoms with Crippen LogP contribution in [0.4, 0.5) is 0 Å². The van der Waals surface area contributed by atoms with Crippen LogP contribution < -0.4 is 0 Å². The zero-order chi connectivity index (χ0) is 30.9. The molecule has 0 unspecified atom stereocenters. The molecule has 0 fully saturated rings. The normalized spacial score (nSPS) is 11.8. The lowest BCUT2D eigenvalue weighted by Gasteiger charge is -2.12. The third kappa shape index (κ3) is 3.87. The van der Waals surface area contributed by atoms with Crippen LogP contribution in [-0.4, -0.2) is 9.13 Å². The topological polar surface area (TPSA) is 23.0 Å². The summed E-state index contributed by atoms with van der Waals surface area (Å²) in [4.78, 5) is 0. The molecule has 0 N–H and O–H groups in total. The molecular formula is C44H28N2O. The number of aromatic nitrogens is 2. The molecule has 0 amide bonds. The molecule has 47 heavy (non-hydrogen) atoms. The van der Waals surface area contributed by atoms with E-state index < -0.39 is 0 Å². The Hall–Kier alpha value is -6.32. The van der Waals surface area contributed by atoms with Crippen LogP contribution in [0.1, 0.15) is 0 Å². The van der Waals surface area contributed by atoms with Gasteiger partial charge in [-0.2, -0.15) is 0 Å². The fraction of sp³-hybridized carbons (Fsp3) is 0. The Morgan fingerprint density at radius 1 is 0.383 bits per heavy atom. The van der Waals surface area contributed by atoms with Gasteiger partial charge in [0.05, 0.1) is 21.9 Å². The quantitative estimate of drug-likeness (QED) is 0.197. The molecule has 3 heteroatoms. The molecule has 0 atom stereocenters. The van der Waals surface area contributed by atoms with E-state index in [1.807, 2.05) is 6.07 Å². The Labute approximate surface area is 271 Å². The summed E-state index contributed by atoms with van der Waals surface area (Å²) in [6.45, 7) is 0. The first-order valence-corrected chi connectivity index (χ1v) is 16.0. The molecule has 3 aromatic heterocycles. The van der Waals surface area contributed by atoms with Crippen molar-refractivity contribution in [2.24, 2.45) is 0 Å². The van der Waals surface area contributed by atoms with E-state index in [0.29, 0.717) is 0 Å². The van der Waals surface area contributed by atoms with E-state index in [4.69, 9.17) is 4.42 Å². The van der Waals surface area contributed by atoms with Gasteiger partial charge in [0.2, 0.25) is 5.71 Å². The van der Waals surface area contributed by atoms with Crippen molar-refractivity contribution < 1.29 is 4.42 Å². The molecule has 220 valence electrons. The molecule has 3 heterocycles. The number of hydrogen-bond donors (Lipinski definition) is 0. The number of para-hydroxylation sites is 5. The Balaban J connectivity index is 1.12. The second-order valence-corrected chi connectivity index (χ2v) is 12.1. The zero-order valence-electron chi connectivity index (χ0n) is 25.5. The van der Waals surface area contributed by atoms with Gasteiger partial charge in [-0.25, -0.2) is 0 Å². The lowest BCUT2D eigenvalue weighted by Crippen LogP contribution is -1.95. The summed E-state index contributed by atoms with van der Waals surface area (Å²) in [5, 5.41) is 6.00. The number of benzene rings is 7. The van der Waals surface area contributed by atoms with E-state index in [-0.39, 0.29) is 0 Å². The molecule has 0 spiro atoms. The maximum atomic E-state index is 6.56. The van der Waals surface area contributed by atoms with Gasteiger partial charge in [-0.15, -0.1) is 0 Å². The van der Waals surface area contributed by atoms with Crippen molar-refractivity contribution in [1.29, 1.82) is 0 Å². The molecular weight excluding hydrogens is 572 g/mol. The summed E-state index contributed by atoms with van der Waals surface area (Å²) in [6, 6.07) is 60.6.